The van der Waals surface area contributed by atoms with Gasteiger partial charge in [-0.3, -0.25) is 4.79 Å². The first-order valence-corrected chi connectivity index (χ1v) is 8.26. The number of hydrogen-bond donors (Lipinski definition) is 3. The zero-order valence-electron chi connectivity index (χ0n) is 14.7. The maximum absolute atomic E-state index is 12.5. The number of H-pyrrole nitrogens is 1. The van der Waals surface area contributed by atoms with Crippen LogP contribution >= 0.6 is 24.8 Å². The quantitative estimate of drug-likeness (QED) is 0.615. The summed E-state index contributed by atoms with van der Waals surface area (Å²) in [5.74, 6) is 0.572. The van der Waals surface area contributed by atoms with E-state index < -0.39 is 6.04 Å². The molecule has 1 amide bonds. The van der Waals surface area contributed by atoms with Crippen molar-refractivity contribution < 1.29 is 9.32 Å². The molecule has 9 heteroatoms. The minimum absolute atomic E-state index is 0. The molecule has 1 aromatic carbocycles. The molecular weight excluding hydrogens is 389 g/mol. The second kappa shape index (κ2) is 9.03. The van der Waals surface area contributed by atoms with Crippen LogP contribution in [-0.4, -0.2) is 27.6 Å². The number of aryl methyl sites for hydroxylation is 1. The van der Waals surface area contributed by atoms with Gasteiger partial charge in [0.2, 0.25) is 5.91 Å². The van der Waals surface area contributed by atoms with Crippen LogP contribution in [0.5, 0.6) is 0 Å². The van der Waals surface area contributed by atoms with Crippen LogP contribution in [-0.2, 0) is 17.8 Å². The molecule has 0 saturated carbocycles. The number of carbonyl (C=O) groups is 1. The van der Waals surface area contributed by atoms with Gasteiger partial charge in [-0.2, -0.15) is 0 Å². The number of nitrogens with one attached hydrogen (secondary N) is 3. The first-order valence-electron chi connectivity index (χ1n) is 8.26. The second-order valence-corrected chi connectivity index (χ2v) is 6.17. The van der Waals surface area contributed by atoms with Gasteiger partial charge >= 0.3 is 0 Å². The Kier molecular flexibility index (Phi) is 7.01. The Bertz CT molecular complexity index is 891. The number of amides is 1. The molecule has 0 saturated heterocycles. The molecule has 1 aliphatic rings. The Morgan fingerprint density at radius 1 is 1.30 bits per heavy atom. The Hall–Kier alpha value is -2.35. The van der Waals surface area contributed by atoms with Gasteiger partial charge in [0, 0.05) is 30.3 Å². The Balaban J connectivity index is 0.00000131. The highest BCUT2D eigenvalue weighted by molar-refractivity contribution is 5.85. The van der Waals surface area contributed by atoms with Crippen molar-refractivity contribution in [2.24, 2.45) is 0 Å². The van der Waals surface area contributed by atoms with E-state index in [-0.39, 0.29) is 30.7 Å². The van der Waals surface area contributed by atoms with Crippen molar-refractivity contribution in [3.05, 3.63) is 59.3 Å². The molecule has 2 aromatic heterocycles. The highest BCUT2D eigenvalue weighted by Crippen LogP contribution is 2.21. The van der Waals surface area contributed by atoms with E-state index in [4.69, 9.17) is 4.52 Å². The lowest BCUT2D eigenvalue weighted by atomic mass is 10.1. The molecule has 144 valence electrons. The van der Waals surface area contributed by atoms with Crippen LogP contribution in [0.3, 0.4) is 0 Å². The van der Waals surface area contributed by atoms with Crippen LogP contribution in [0, 0.1) is 6.92 Å². The molecule has 1 aliphatic heterocycles. The largest absolute Gasteiger partial charge is 0.356 e. The standard InChI is InChI=1S/C18H19N5O2.2ClH/c1-11-2-4-12(5-3-11)15-8-13(23-25-15)9-20-18(24)17-16-14(6-7-19-17)21-10-22-16;;/h2-5,8,10,17,19H,6-7,9H2,1H3,(H,20,24)(H,21,22);2*1H. The molecule has 1 atom stereocenters. The maximum atomic E-state index is 12.5. The highest BCUT2D eigenvalue weighted by Gasteiger charge is 2.28. The summed E-state index contributed by atoms with van der Waals surface area (Å²) in [6, 6.07) is 9.44. The predicted molar refractivity (Wildman–Crippen MR) is 106 cm³/mol. The van der Waals surface area contributed by atoms with Gasteiger partial charge < -0.3 is 20.1 Å². The molecule has 3 aromatic rings. The fraction of sp³-hybridized carbons (Fsp3) is 0.278. The van der Waals surface area contributed by atoms with Crippen LogP contribution in [0.4, 0.5) is 0 Å². The van der Waals surface area contributed by atoms with E-state index in [1.165, 1.54) is 5.56 Å². The van der Waals surface area contributed by atoms with Crippen molar-refractivity contribution in [1.29, 1.82) is 0 Å². The normalized spacial score (nSPS) is 15.2. The predicted octanol–water partition coefficient (Wildman–Crippen LogP) is 2.72. The van der Waals surface area contributed by atoms with Gasteiger partial charge in [-0.1, -0.05) is 35.0 Å². The number of halogens is 2. The van der Waals surface area contributed by atoms with Crippen LogP contribution in [0.15, 0.2) is 41.2 Å². The fourth-order valence-electron chi connectivity index (χ4n) is 2.96. The third kappa shape index (κ3) is 4.50. The van der Waals surface area contributed by atoms with Crippen molar-refractivity contribution in [2.45, 2.75) is 25.9 Å². The first kappa shape index (κ1) is 21.0. The summed E-state index contributed by atoms with van der Waals surface area (Å²) >= 11 is 0. The van der Waals surface area contributed by atoms with E-state index in [9.17, 15) is 4.79 Å². The van der Waals surface area contributed by atoms with Gasteiger partial charge in [-0.25, -0.2) is 4.98 Å². The van der Waals surface area contributed by atoms with E-state index in [2.05, 4.69) is 25.8 Å². The van der Waals surface area contributed by atoms with Gasteiger partial charge in [0.15, 0.2) is 5.76 Å². The minimum atomic E-state index is -0.432. The van der Waals surface area contributed by atoms with Gasteiger partial charge in [-0.05, 0) is 6.92 Å². The number of benzene rings is 1. The lowest BCUT2D eigenvalue weighted by molar-refractivity contribution is -0.123. The van der Waals surface area contributed by atoms with Crippen molar-refractivity contribution in [3.63, 3.8) is 0 Å². The summed E-state index contributed by atoms with van der Waals surface area (Å²) < 4.78 is 5.38. The number of aromatic nitrogens is 3. The van der Waals surface area contributed by atoms with Crippen LogP contribution in [0.25, 0.3) is 11.3 Å². The first-order chi connectivity index (χ1) is 12.2. The third-order valence-electron chi connectivity index (χ3n) is 4.35. The summed E-state index contributed by atoms with van der Waals surface area (Å²) in [7, 11) is 0. The summed E-state index contributed by atoms with van der Waals surface area (Å²) in [4.78, 5) is 19.8. The lowest BCUT2D eigenvalue weighted by Gasteiger charge is -2.21. The van der Waals surface area contributed by atoms with Crippen LogP contribution in [0.1, 0.15) is 28.7 Å². The molecule has 7 nitrogen and oxygen atoms in total. The number of aromatic amines is 1. The molecule has 4 rings (SSSR count). The van der Waals surface area contributed by atoms with Crippen molar-refractivity contribution in [3.8, 4) is 11.3 Å². The monoisotopic (exact) mass is 409 g/mol. The molecule has 1 unspecified atom stereocenters. The highest BCUT2D eigenvalue weighted by atomic mass is 35.5. The third-order valence-corrected chi connectivity index (χ3v) is 4.35. The maximum Gasteiger partial charge on any atom is 0.243 e. The molecule has 0 radical (unpaired) electrons. The van der Waals surface area contributed by atoms with E-state index in [0.717, 1.165) is 29.9 Å². The molecule has 0 bridgehead atoms. The SMILES string of the molecule is Cc1ccc(-c2cc(CNC(=O)C3NCCc4[nH]cnc43)no2)cc1.Cl.Cl. The molecule has 0 spiro atoms. The number of fused-ring (bicyclic) bond motifs is 1. The van der Waals surface area contributed by atoms with E-state index >= 15 is 0 Å². The molecule has 3 N–H and O–H groups in total. The summed E-state index contributed by atoms with van der Waals surface area (Å²) in [5, 5.41) is 10.1. The molecule has 0 fully saturated rings. The van der Waals surface area contributed by atoms with Crippen molar-refractivity contribution in [2.75, 3.05) is 6.54 Å². The summed E-state index contributed by atoms with van der Waals surface area (Å²) in [5.41, 5.74) is 4.62. The molecular formula is C18H21Cl2N5O2. The van der Waals surface area contributed by atoms with E-state index in [0.29, 0.717) is 18.0 Å². The van der Waals surface area contributed by atoms with Crippen molar-refractivity contribution >= 4 is 30.7 Å². The Labute approximate surface area is 169 Å². The number of carbonyl (C=O) groups excluding carboxylic acids is 1. The van der Waals surface area contributed by atoms with Gasteiger partial charge in [-0.15, -0.1) is 24.8 Å². The zero-order valence-corrected chi connectivity index (χ0v) is 16.3. The molecule has 0 aliphatic carbocycles. The van der Waals surface area contributed by atoms with Gasteiger partial charge in [0.25, 0.3) is 0 Å². The van der Waals surface area contributed by atoms with Crippen LogP contribution < -0.4 is 10.6 Å². The summed E-state index contributed by atoms with van der Waals surface area (Å²) in [6.07, 6.45) is 2.48. The Morgan fingerprint density at radius 2 is 2.07 bits per heavy atom. The molecule has 3 heterocycles. The molecule has 27 heavy (non-hydrogen) atoms. The second-order valence-electron chi connectivity index (χ2n) is 6.17. The van der Waals surface area contributed by atoms with Gasteiger partial charge in [0.1, 0.15) is 11.7 Å². The van der Waals surface area contributed by atoms with E-state index in [1.807, 2.05) is 37.3 Å². The number of rotatable bonds is 4. The zero-order chi connectivity index (χ0) is 17.2. The van der Waals surface area contributed by atoms with Crippen molar-refractivity contribution in [1.82, 2.24) is 25.8 Å². The fourth-order valence-corrected chi connectivity index (χ4v) is 2.96. The number of hydrogen-bond acceptors (Lipinski definition) is 5. The minimum Gasteiger partial charge on any atom is -0.356 e. The smallest absolute Gasteiger partial charge is 0.243 e. The van der Waals surface area contributed by atoms with Crippen LogP contribution in [0.2, 0.25) is 0 Å². The van der Waals surface area contributed by atoms with E-state index in [1.54, 1.807) is 6.33 Å². The lowest BCUT2D eigenvalue weighted by Crippen LogP contribution is -2.41. The summed E-state index contributed by atoms with van der Waals surface area (Å²) in [6.45, 7) is 3.09. The average molecular weight is 410 g/mol. The number of nitrogens with zero attached hydrogens (tertiary/aromatic N) is 2. The average Bonchev–Trinajstić information content (AvgIpc) is 3.29. The topological polar surface area (TPSA) is 95.8 Å². The van der Waals surface area contributed by atoms with Gasteiger partial charge in [0.05, 0.1) is 18.6 Å². The Morgan fingerprint density at radius 3 is 2.85 bits per heavy atom. The number of imidazole rings is 1.